The molecule has 0 saturated carbocycles. The fraction of sp³-hybridized carbons (Fsp3) is 0.375. The minimum atomic E-state index is 0.435. The Labute approximate surface area is 130 Å². The lowest BCUT2D eigenvalue weighted by molar-refractivity contribution is 0.728. The Kier molecular flexibility index (Phi) is 5.66. The van der Waals surface area contributed by atoms with Crippen molar-refractivity contribution in [2.24, 2.45) is 0 Å². The van der Waals surface area contributed by atoms with Gasteiger partial charge in [-0.05, 0) is 31.0 Å². The van der Waals surface area contributed by atoms with E-state index in [2.05, 4.69) is 45.3 Å². The maximum Gasteiger partial charge on any atom is 0.249 e. The predicted molar refractivity (Wildman–Crippen MR) is 87.1 cm³/mol. The van der Waals surface area contributed by atoms with Crippen LogP contribution in [0.2, 0.25) is 0 Å². The highest BCUT2D eigenvalue weighted by Gasteiger charge is 2.08. The molecule has 0 bridgehead atoms. The summed E-state index contributed by atoms with van der Waals surface area (Å²) in [6.07, 6.45) is 3.79. The van der Waals surface area contributed by atoms with Gasteiger partial charge in [0.15, 0.2) is 5.82 Å². The zero-order chi connectivity index (χ0) is 15.8. The van der Waals surface area contributed by atoms with Crippen LogP contribution < -0.4 is 10.2 Å². The molecule has 0 fully saturated rings. The van der Waals surface area contributed by atoms with E-state index in [-0.39, 0.29) is 0 Å². The van der Waals surface area contributed by atoms with Crippen molar-refractivity contribution in [3.05, 3.63) is 36.0 Å². The minimum absolute atomic E-state index is 0.435. The van der Waals surface area contributed by atoms with Crippen LogP contribution in [0.25, 0.3) is 0 Å². The Bertz CT molecular complexity index is 643. The van der Waals surface area contributed by atoms with Gasteiger partial charge in [-0.1, -0.05) is 19.9 Å². The summed E-state index contributed by atoms with van der Waals surface area (Å²) >= 11 is 0. The quantitative estimate of drug-likeness (QED) is 0.846. The summed E-state index contributed by atoms with van der Waals surface area (Å²) in [7, 11) is 0. The van der Waals surface area contributed by atoms with E-state index in [0.717, 1.165) is 37.4 Å². The highest BCUT2D eigenvalue weighted by Crippen LogP contribution is 2.17. The van der Waals surface area contributed by atoms with Gasteiger partial charge in [0.05, 0.1) is 17.8 Å². The van der Waals surface area contributed by atoms with E-state index >= 15 is 0 Å². The van der Waals surface area contributed by atoms with Crippen LogP contribution in [0.1, 0.15) is 32.3 Å². The fourth-order valence-electron chi connectivity index (χ4n) is 2.18. The molecular formula is C16H20N6. The molecule has 1 aromatic carbocycles. The maximum atomic E-state index is 8.94. The summed E-state index contributed by atoms with van der Waals surface area (Å²) in [6.45, 7) is 6.17. The van der Waals surface area contributed by atoms with Gasteiger partial charge in [0.2, 0.25) is 5.95 Å². The number of nitrogens with one attached hydrogen (secondary N) is 1. The van der Waals surface area contributed by atoms with Crippen LogP contribution >= 0.6 is 0 Å². The van der Waals surface area contributed by atoms with Gasteiger partial charge in [0.25, 0.3) is 0 Å². The zero-order valence-corrected chi connectivity index (χ0v) is 13.0. The third-order valence-electron chi connectivity index (χ3n) is 3.10. The molecule has 0 spiro atoms. The normalized spacial score (nSPS) is 10.0. The van der Waals surface area contributed by atoms with E-state index in [1.165, 1.54) is 0 Å². The molecule has 0 radical (unpaired) electrons. The lowest BCUT2D eigenvalue weighted by Gasteiger charge is -2.22. The lowest BCUT2D eigenvalue weighted by atomic mass is 10.2. The maximum absolute atomic E-state index is 8.94. The molecule has 114 valence electrons. The SMILES string of the molecule is CCCN(CCC)c1cnnc(Nc2cccc(C#N)c2)n1. The van der Waals surface area contributed by atoms with E-state index in [9.17, 15) is 0 Å². The summed E-state index contributed by atoms with van der Waals surface area (Å²) in [5.41, 5.74) is 1.36. The third-order valence-corrected chi connectivity index (χ3v) is 3.10. The van der Waals surface area contributed by atoms with Gasteiger partial charge in [0, 0.05) is 18.8 Å². The van der Waals surface area contributed by atoms with Gasteiger partial charge in [-0.3, -0.25) is 0 Å². The Balaban J connectivity index is 2.18. The van der Waals surface area contributed by atoms with Crippen molar-refractivity contribution < 1.29 is 0 Å². The number of nitriles is 1. The van der Waals surface area contributed by atoms with Crippen molar-refractivity contribution in [1.29, 1.82) is 5.26 Å². The molecule has 2 aromatic rings. The van der Waals surface area contributed by atoms with E-state index in [0.29, 0.717) is 11.5 Å². The molecule has 6 nitrogen and oxygen atoms in total. The molecular weight excluding hydrogens is 276 g/mol. The molecule has 1 N–H and O–H groups in total. The highest BCUT2D eigenvalue weighted by molar-refractivity contribution is 5.57. The topological polar surface area (TPSA) is 77.7 Å². The third kappa shape index (κ3) is 4.16. The van der Waals surface area contributed by atoms with Crippen molar-refractivity contribution in [2.75, 3.05) is 23.3 Å². The van der Waals surface area contributed by atoms with Crippen molar-refractivity contribution in [3.63, 3.8) is 0 Å². The lowest BCUT2D eigenvalue weighted by Crippen LogP contribution is -2.26. The monoisotopic (exact) mass is 296 g/mol. The average molecular weight is 296 g/mol. The molecule has 0 aliphatic heterocycles. The second-order valence-electron chi connectivity index (χ2n) is 4.94. The summed E-state index contributed by atoms with van der Waals surface area (Å²) in [5, 5.41) is 20.1. The van der Waals surface area contributed by atoms with Gasteiger partial charge in [-0.15, -0.1) is 5.10 Å². The second-order valence-corrected chi connectivity index (χ2v) is 4.94. The second kappa shape index (κ2) is 7.93. The first-order valence-electron chi connectivity index (χ1n) is 7.48. The smallest absolute Gasteiger partial charge is 0.249 e. The Morgan fingerprint density at radius 2 is 2.00 bits per heavy atom. The van der Waals surface area contributed by atoms with Crippen LogP contribution in [0.5, 0.6) is 0 Å². The number of nitrogens with zero attached hydrogens (tertiary/aromatic N) is 5. The molecule has 0 amide bonds. The van der Waals surface area contributed by atoms with Gasteiger partial charge in [0.1, 0.15) is 0 Å². The fourth-order valence-corrected chi connectivity index (χ4v) is 2.18. The molecule has 1 aromatic heterocycles. The summed E-state index contributed by atoms with van der Waals surface area (Å²) in [4.78, 5) is 6.72. The molecule has 0 unspecified atom stereocenters. The molecule has 1 heterocycles. The molecule has 0 aliphatic rings. The number of rotatable bonds is 7. The first-order chi connectivity index (χ1) is 10.8. The van der Waals surface area contributed by atoms with Gasteiger partial charge >= 0.3 is 0 Å². The van der Waals surface area contributed by atoms with Crippen molar-refractivity contribution in [3.8, 4) is 6.07 Å². The van der Waals surface area contributed by atoms with Crippen LogP contribution in [0.3, 0.4) is 0 Å². The Morgan fingerprint density at radius 1 is 1.23 bits per heavy atom. The Hall–Kier alpha value is -2.68. The predicted octanol–water partition coefficient (Wildman–Crippen LogP) is 3.11. The molecule has 22 heavy (non-hydrogen) atoms. The van der Waals surface area contributed by atoms with Gasteiger partial charge < -0.3 is 10.2 Å². The standard InChI is InChI=1S/C16H20N6/c1-3-8-22(9-4-2)15-12-18-21-16(20-15)19-14-7-5-6-13(10-14)11-17/h5-7,10,12H,3-4,8-9H2,1-2H3,(H,19,20,21). The van der Waals surface area contributed by atoms with E-state index in [1.807, 2.05) is 12.1 Å². The van der Waals surface area contributed by atoms with Crippen LogP contribution in [0.15, 0.2) is 30.5 Å². The summed E-state index contributed by atoms with van der Waals surface area (Å²) < 4.78 is 0. The number of hydrogen-bond donors (Lipinski definition) is 1. The number of anilines is 3. The van der Waals surface area contributed by atoms with Crippen LogP contribution in [0.4, 0.5) is 17.5 Å². The van der Waals surface area contributed by atoms with Gasteiger partial charge in [-0.25, -0.2) is 0 Å². The molecule has 6 heteroatoms. The molecule has 2 rings (SSSR count). The molecule has 0 saturated heterocycles. The number of aromatic nitrogens is 3. The van der Waals surface area contributed by atoms with Crippen molar-refractivity contribution in [2.45, 2.75) is 26.7 Å². The van der Waals surface area contributed by atoms with Gasteiger partial charge in [-0.2, -0.15) is 15.3 Å². The zero-order valence-electron chi connectivity index (χ0n) is 13.0. The number of benzene rings is 1. The summed E-state index contributed by atoms with van der Waals surface area (Å²) in [6, 6.07) is 9.31. The minimum Gasteiger partial charge on any atom is -0.355 e. The van der Waals surface area contributed by atoms with Crippen molar-refractivity contribution in [1.82, 2.24) is 15.2 Å². The highest BCUT2D eigenvalue weighted by atomic mass is 15.3. The number of hydrogen-bond acceptors (Lipinski definition) is 6. The van der Waals surface area contributed by atoms with Crippen LogP contribution in [0, 0.1) is 11.3 Å². The molecule has 0 aliphatic carbocycles. The first kappa shape index (κ1) is 15.7. The van der Waals surface area contributed by atoms with E-state index in [4.69, 9.17) is 5.26 Å². The van der Waals surface area contributed by atoms with Crippen LogP contribution in [-0.2, 0) is 0 Å². The summed E-state index contributed by atoms with van der Waals surface area (Å²) in [5.74, 6) is 1.25. The van der Waals surface area contributed by atoms with Crippen molar-refractivity contribution >= 4 is 17.5 Å². The van der Waals surface area contributed by atoms with Crippen LogP contribution in [-0.4, -0.2) is 28.3 Å². The Morgan fingerprint density at radius 3 is 2.68 bits per heavy atom. The van der Waals surface area contributed by atoms with E-state index < -0.39 is 0 Å². The van der Waals surface area contributed by atoms with E-state index in [1.54, 1.807) is 18.3 Å². The largest absolute Gasteiger partial charge is 0.355 e. The average Bonchev–Trinajstić information content (AvgIpc) is 2.55. The first-order valence-corrected chi connectivity index (χ1v) is 7.48. The molecule has 0 atom stereocenters.